The minimum Gasteiger partial charge on any atom is -0.329 e. The zero-order valence-electron chi connectivity index (χ0n) is 10.9. The van der Waals surface area contributed by atoms with E-state index in [0.29, 0.717) is 18.6 Å². The molecule has 2 nitrogen and oxygen atoms in total. The van der Waals surface area contributed by atoms with E-state index >= 15 is 0 Å². The molecule has 1 aliphatic carbocycles. The van der Waals surface area contributed by atoms with Gasteiger partial charge in [-0.3, -0.25) is 0 Å². The second-order valence-corrected chi connectivity index (χ2v) is 5.48. The van der Waals surface area contributed by atoms with Gasteiger partial charge in [-0.2, -0.15) is 0 Å². The maximum Gasteiger partial charge on any atom is 0.0446 e. The van der Waals surface area contributed by atoms with Crippen molar-refractivity contribution in [3.63, 3.8) is 0 Å². The minimum atomic E-state index is 0.310. The third kappa shape index (κ3) is 3.30. The van der Waals surface area contributed by atoms with Gasteiger partial charge in [-0.15, -0.1) is 0 Å². The molecule has 0 saturated heterocycles. The number of hydrogen-bond acceptors (Lipinski definition) is 2. The Balaban J connectivity index is 2.01. The molecule has 0 spiro atoms. The summed E-state index contributed by atoms with van der Waals surface area (Å²) < 4.78 is 0. The van der Waals surface area contributed by atoms with E-state index < -0.39 is 0 Å². The monoisotopic (exact) mass is 232 g/mol. The van der Waals surface area contributed by atoms with Crippen LogP contribution >= 0.6 is 0 Å². The molecule has 0 amide bonds. The molecule has 1 saturated carbocycles. The van der Waals surface area contributed by atoms with Gasteiger partial charge in [0.05, 0.1) is 0 Å². The van der Waals surface area contributed by atoms with Crippen molar-refractivity contribution >= 4 is 0 Å². The second-order valence-electron chi connectivity index (χ2n) is 5.48. The Morgan fingerprint density at radius 1 is 1.41 bits per heavy atom. The number of rotatable bonds is 4. The van der Waals surface area contributed by atoms with Crippen molar-refractivity contribution in [2.75, 3.05) is 6.54 Å². The van der Waals surface area contributed by atoms with Crippen LogP contribution in [0.2, 0.25) is 0 Å². The van der Waals surface area contributed by atoms with Crippen molar-refractivity contribution in [2.24, 2.45) is 11.7 Å². The third-order valence-corrected chi connectivity index (χ3v) is 3.81. The Labute approximate surface area is 105 Å². The van der Waals surface area contributed by atoms with Gasteiger partial charge in [0, 0.05) is 18.6 Å². The lowest BCUT2D eigenvalue weighted by molar-refractivity contribution is 0.434. The van der Waals surface area contributed by atoms with E-state index in [1.807, 2.05) is 0 Å². The second kappa shape index (κ2) is 5.65. The normalized spacial score (nSPS) is 26.1. The van der Waals surface area contributed by atoms with Gasteiger partial charge in [-0.1, -0.05) is 36.8 Å². The first-order valence-corrected chi connectivity index (χ1v) is 6.71. The predicted octanol–water partition coefficient (Wildman–Crippen LogP) is 2.77. The Hall–Kier alpha value is -0.860. The summed E-state index contributed by atoms with van der Waals surface area (Å²) in [7, 11) is 0. The number of hydrogen-bond donors (Lipinski definition) is 2. The maximum atomic E-state index is 5.91. The molecular weight excluding hydrogens is 208 g/mol. The summed E-state index contributed by atoms with van der Waals surface area (Å²) in [6, 6.07) is 9.63. The number of nitrogens with two attached hydrogens (primary N) is 1. The van der Waals surface area contributed by atoms with E-state index in [9.17, 15) is 0 Å². The Kier molecular flexibility index (Phi) is 4.19. The lowest BCUT2D eigenvalue weighted by Crippen LogP contribution is -2.35. The first-order valence-electron chi connectivity index (χ1n) is 6.71. The zero-order valence-corrected chi connectivity index (χ0v) is 10.9. The molecule has 94 valence electrons. The van der Waals surface area contributed by atoms with Gasteiger partial charge in [0.2, 0.25) is 0 Å². The average Bonchev–Trinajstić information content (AvgIpc) is 2.72. The Morgan fingerprint density at radius 3 is 2.82 bits per heavy atom. The first kappa shape index (κ1) is 12.6. The molecule has 0 radical (unpaired) electrons. The molecule has 0 bridgehead atoms. The molecular formula is C15H24N2. The van der Waals surface area contributed by atoms with Crippen LogP contribution in [-0.2, 0) is 0 Å². The van der Waals surface area contributed by atoms with Crippen LogP contribution in [0.5, 0.6) is 0 Å². The standard InChI is InChI=1S/C15H24N2/c1-11-4-3-5-13(8-11)15(10-16)17-14-7-6-12(2)9-14/h3-5,8,12,14-15,17H,6-7,9-10,16H2,1-2H3. The van der Waals surface area contributed by atoms with Gasteiger partial charge >= 0.3 is 0 Å². The number of benzene rings is 1. The first-order chi connectivity index (χ1) is 8.19. The van der Waals surface area contributed by atoms with Crippen LogP contribution in [-0.4, -0.2) is 12.6 Å². The Bertz CT molecular complexity index is 362. The summed E-state index contributed by atoms with van der Waals surface area (Å²) in [5.41, 5.74) is 8.54. The van der Waals surface area contributed by atoms with Gasteiger partial charge in [-0.25, -0.2) is 0 Å². The van der Waals surface area contributed by atoms with Crippen molar-refractivity contribution in [1.29, 1.82) is 0 Å². The maximum absolute atomic E-state index is 5.91. The zero-order chi connectivity index (χ0) is 12.3. The molecule has 0 aromatic heterocycles. The van der Waals surface area contributed by atoms with E-state index in [2.05, 4.69) is 43.4 Å². The fourth-order valence-corrected chi connectivity index (χ4v) is 2.83. The summed E-state index contributed by atoms with van der Waals surface area (Å²) in [6.45, 7) is 5.15. The van der Waals surface area contributed by atoms with Gasteiger partial charge in [-0.05, 0) is 37.7 Å². The quantitative estimate of drug-likeness (QED) is 0.837. The highest BCUT2D eigenvalue weighted by atomic mass is 15.0. The molecule has 1 fully saturated rings. The molecule has 1 aromatic carbocycles. The highest BCUT2D eigenvalue weighted by Crippen LogP contribution is 2.26. The van der Waals surface area contributed by atoms with Gasteiger partial charge in [0.15, 0.2) is 0 Å². The smallest absolute Gasteiger partial charge is 0.0446 e. The summed E-state index contributed by atoms with van der Waals surface area (Å²) in [4.78, 5) is 0. The van der Waals surface area contributed by atoms with Crippen LogP contribution in [0.15, 0.2) is 24.3 Å². The van der Waals surface area contributed by atoms with Crippen molar-refractivity contribution in [1.82, 2.24) is 5.32 Å². The van der Waals surface area contributed by atoms with E-state index in [-0.39, 0.29) is 0 Å². The summed E-state index contributed by atoms with van der Waals surface area (Å²) >= 11 is 0. The molecule has 2 rings (SSSR count). The van der Waals surface area contributed by atoms with Crippen molar-refractivity contribution in [3.8, 4) is 0 Å². The highest BCUT2D eigenvalue weighted by Gasteiger charge is 2.23. The van der Waals surface area contributed by atoms with Crippen LogP contribution < -0.4 is 11.1 Å². The molecule has 3 unspecified atom stereocenters. The van der Waals surface area contributed by atoms with Crippen LogP contribution in [0.1, 0.15) is 43.4 Å². The fourth-order valence-electron chi connectivity index (χ4n) is 2.83. The van der Waals surface area contributed by atoms with Crippen molar-refractivity contribution < 1.29 is 0 Å². The highest BCUT2D eigenvalue weighted by molar-refractivity contribution is 5.25. The van der Waals surface area contributed by atoms with Gasteiger partial charge < -0.3 is 11.1 Å². The van der Waals surface area contributed by atoms with Crippen LogP contribution in [0, 0.1) is 12.8 Å². The van der Waals surface area contributed by atoms with Crippen molar-refractivity contribution in [3.05, 3.63) is 35.4 Å². The minimum absolute atomic E-state index is 0.310. The average molecular weight is 232 g/mol. The van der Waals surface area contributed by atoms with E-state index in [1.54, 1.807) is 0 Å². The largest absolute Gasteiger partial charge is 0.329 e. The topological polar surface area (TPSA) is 38.0 Å². The predicted molar refractivity (Wildman–Crippen MR) is 72.9 cm³/mol. The van der Waals surface area contributed by atoms with Gasteiger partial charge in [0.1, 0.15) is 0 Å². The van der Waals surface area contributed by atoms with Crippen LogP contribution in [0.3, 0.4) is 0 Å². The van der Waals surface area contributed by atoms with Crippen molar-refractivity contribution in [2.45, 2.75) is 45.2 Å². The number of nitrogens with one attached hydrogen (secondary N) is 1. The molecule has 2 heteroatoms. The molecule has 1 aromatic rings. The molecule has 3 N–H and O–H groups in total. The lowest BCUT2D eigenvalue weighted by Gasteiger charge is -2.22. The van der Waals surface area contributed by atoms with E-state index in [0.717, 1.165) is 5.92 Å². The molecule has 17 heavy (non-hydrogen) atoms. The van der Waals surface area contributed by atoms with E-state index in [1.165, 1.54) is 30.4 Å². The Morgan fingerprint density at radius 2 is 2.24 bits per heavy atom. The molecule has 0 aliphatic heterocycles. The molecule has 3 atom stereocenters. The summed E-state index contributed by atoms with van der Waals surface area (Å²) in [5.74, 6) is 0.864. The number of aryl methyl sites for hydroxylation is 1. The third-order valence-electron chi connectivity index (χ3n) is 3.81. The summed E-state index contributed by atoms with van der Waals surface area (Å²) in [5, 5.41) is 3.71. The molecule has 1 aliphatic rings. The van der Waals surface area contributed by atoms with Crippen LogP contribution in [0.25, 0.3) is 0 Å². The lowest BCUT2D eigenvalue weighted by atomic mass is 10.0. The SMILES string of the molecule is Cc1cccc(C(CN)NC2CCC(C)C2)c1. The van der Waals surface area contributed by atoms with Crippen LogP contribution in [0.4, 0.5) is 0 Å². The summed E-state index contributed by atoms with van der Waals surface area (Å²) in [6.07, 6.45) is 3.94. The van der Waals surface area contributed by atoms with E-state index in [4.69, 9.17) is 5.73 Å². The molecule has 0 heterocycles. The fraction of sp³-hybridized carbons (Fsp3) is 0.600. The van der Waals surface area contributed by atoms with Gasteiger partial charge in [0.25, 0.3) is 0 Å².